The fourth-order valence-electron chi connectivity index (χ4n) is 2.60. The van der Waals surface area contributed by atoms with Gasteiger partial charge in [-0.15, -0.1) is 10.2 Å². The Morgan fingerprint density at radius 2 is 1.96 bits per heavy atom. The average molecular weight is 423 g/mol. The molecule has 0 N–H and O–H groups in total. The molecular weight excluding hydrogens is 407 g/mol. The standard InChI is InChI=1S/C19H16ClFN2O4S/c1-11(26-14-4-2-13(21)3-5-14)18-22-23-19(27-18)28-10-12-8-15(20)17-16(9-12)24-6-7-25-17/h2-5,8-9,11H,6-7,10H2,1H3/t11-/m1/s1. The van der Waals surface area contributed by atoms with E-state index in [2.05, 4.69) is 10.2 Å². The van der Waals surface area contributed by atoms with Crippen LogP contribution >= 0.6 is 23.4 Å². The highest BCUT2D eigenvalue weighted by molar-refractivity contribution is 7.98. The number of thioether (sulfide) groups is 1. The Bertz CT molecular complexity index is 967. The Kier molecular flexibility index (Phi) is 5.59. The Morgan fingerprint density at radius 1 is 1.18 bits per heavy atom. The summed E-state index contributed by atoms with van der Waals surface area (Å²) in [5, 5.41) is 8.98. The van der Waals surface area contributed by atoms with Gasteiger partial charge in [-0.1, -0.05) is 23.4 Å². The molecule has 2 heterocycles. The molecule has 0 fully saturated rings. The van der Waals surface area contributed by atoms with E-state index in [9.17, 15) is 4.39 Å². The number of hydrogen-bond acceptors (Lipinski definition) is 7. The molecule has 9 heteroatoms. The molecule has 1 aliphatic heterocycles. The molecule has 28 heavy (non-hydrogen) atoms. The van der Waals surface area contributed by atoms with Crippen LogP contribution in [-0.2, 0) is 5.75 Å². The monoisotopic (exact) mass is 422 g/mol. The molecular formula is C19H16ClFN2O4S. The number of nitrogens with zero attached hydrogens (tertiary/aromatic N) is 2. The topological polar surface area (TPSA) is 66.6 Å². The highest BCUT2D eigenvalue weighted by Crippen LogP contribution is 2.39. The molecule has 0 saturated heterocycles. The fraction of sp³-hybridized carbons (Fsp3) is 0.263. The Labute approximate surface area is 169 Å². The third-order valence-electron chi connectivity index (χ3n) is 3.92. The zero-order valence-corrected chi connectivity index (χ0v) is 16.4. The van der Waals surface area contributed by atoms with E-state index in [-0.39, 0.29) is 5.82 Å². The van der Waals surface area contributed by atoms with Gasteiger partial charge in [0, 0.05) is 5.75 Å². The summed E-state index contributed by atoms with van der Waals surface area (Å²) in [7, 11) is 0. The Balaban J connectivity index is 1.38. The number of rotatable bonds is 6. The molecule has 0 radical (unpaired) electrons. The van der Waals surface area contributed by atoms with E-state index in [1.165, 1.54) is 23.9 Å². The predicted molar refractivity (Wildman–Crippen MR) is 102 cm³/mol. The first-order valence-corrected chi connectivity index (χ1v) is 9.91. The maximum absolute atomic E-state index is 13.0. The first kappa shape index (κ1) is 18.9. The Morgan fingerprint density at radius 3 is 2.79 bits per heavy atom. The number of fused-ring (bicyclic) bond motifs is 1. The molecule has 1 aliphatic rings. The minimum absolute atomic E-state index is 0.323. The van der Waals surface area contributed by atoms with Crippen molar-refractivity contribution in [1.29, 1.82) is 0 Å². The first-order chi connectivity index (χ1) is 13.6. The molecule has 4 rings (SSSR count). The summed E-state index contributed by atoms with van der Waals surface area (Å²) in [4.78, 5) is 0. The predicted octanol–water partition coefficient (Wildman–Crippen LogP) is 5.07. The quantitative estimate of drug-likeness (QED) is 0.514. The maximum Gasteiger partial charge on any atom is 0.277 e. The van der Waals surface area contributed by atoms with Crippen molar-refractivity contribution in [3.05, 3.63) is 58.7 Å². The molecule has 0 aliphatic carbocycles. The summed E-state index contributed by atoms with van der Waals surface area (Å²) >= 11 is 7.63. The van der Waals surface area contributed by atoms with Gasteiger partial charge in [0.1, 0.15) is 24.8 Å². The van der Waals surface area contributed by atoms with Crippen molar-refractivity contribution in [3.8, 4) is 17.2 Å². The summed E-state index contributed by atoms with van der Waals surface area (Å²) in [6.07, 6.45) is -0.462. The maximum atomic E-state index is 13.0. The summed E-state index contributed by atoms with van der Waals surface area (Å²) in [6, 6.07) is 9.47. The van der Waals surface area contributed by atoms with Gasteiger partial charge in [-0.25, -0.2) is 4.39 Å². The van der Waals surface area contributed by atoms with Gasteiger partial charge in [0.15, 0.2) is 17.6 Å². The van der Waals surface area contributed by atoms with Crippen molar-refractivity contribution >= 4 is 23.4 Å². The first-order valence-electron chi connectivity index (χ1n) is 8.55. The lowest BCUT2D eigenvalue weighted by atomic mass is 10.2. The zero-order chi connectivity index (χ0) is 19.5. The van der Waals surface area contributed by atoms with Crippen LogP contribution in [-0.4, -0.2) is 23.4 Å². The lowest BCUT2D eigenvalue weighted by molar-refractivity contribution is 0.171. The minimum Gasteiger partial charge on any atom is -0.486 e. The summed E-state index contributed by atoms with van der Waals surface area (Å²) in [5.74, 6) is 2.33. The van der Waals surface area contributed by atoms with E-state index in [0.717, 1.165) is 5.56 Å². The second-order valence-corrected chi connectivity index (χ2v) is 7.34. The van der Waals surface area contributed by atoms with Crippen LogP contribution in [0.3, 0.4) is 0 Å². The van der Waals surface area contributed by atoms with E-state index >= 15 is 0 Å². The van der Waals surface area contributed by atoms with E-state index in [1.54, 1.807) is 19.1 Å². The molecule has 3 aromatic rings. The van der Waals surface area contributed by atoms with Crippen molar-refractivity contribution in [1.82, 2.24) is 10.2 Å². The lowest BCUT2D eigenvalue weighted by Gasteiger charge is -2.20. The third kappa shape index (κ3) is 4.34. The van der Waals surface area contributed by atoms with E-state index in [0.29, 0.717) is 52.4 Å². The van der Waals surface area contributed by atoms with Crippen molar-refractivity contribution in [2.75, 3.05) is 13.2 Å². The SMILES string of the molecule is C[C@@H](Oc1ccc(F)cc1)c1nnc(SCc2cc(Cl)c3c(c2)OCCO3)o1. The van der Waals surface area contributed by atoms with Gasteiger partial charge in [-0.3, -0.25) is 0 Å². The number of halogens is 2. The number of aromatic nitrogens is 2. The lowest BCUT2D eigenvalue weighted by Crippen LogP contribution is -2.15. The summed E-state index contributed by atoms with van der Waals surface area (Å²) in [6.45, 7) is 2.77. The van der Waals surface area contributed by atoms with Crippen LogP contribution in [0.5, 0.6) is 17.2 Å². The second kappa shape index (κ2) is 8.28. The van der Waals surface area contributed by atoms with Crippen LogP contribution in [0.15, 0.2) is 46.0 Å². The van der Waals surface area contributed by atoms with Crippen LogP contribution in [0.25, 0.3) is 0 Å². The highest BCUT2D eigenvalue weighted by atomic mass is 35.5. The van der Waals surface area contributed by atoms with Crippen molar-refractivity contribution in [3.63, 3.8) is 0 Å². The second-order valence-electron chi connectivity index (χ2n) is 6.01. The molecule has 0 amide bonds. The van der Waals surface area contributed by atoms with Crippen LogP contribution in [0.2, 0.25) is 5.02 Å². The minimum atomic E-state index is -0.462. The molecule has 0 spiro atoms. The van der Waals surface area contributed by atoms with E-state index in [4.69, 9.17) is 30.2 Å². The highest BCUT2D eigenvalue weighted by Gasteiger charge is 2.19. The van der Waals surface area contributed by atoms with Crippen molar-refractivity contribution in [2.24, 2.45) is 0 Å². The molecule has 0 unspecified atom stereocenters. The third-order valence-corrected chi connectivity index (χ3v) is 5.09. The molecule has 1 aromatic heterocycles. The Hall–Kier alpha value is -2.45. The summed E-state index contributed by atoms with van der Waals surface area (Å²) < 4.78 is 35.4. The van der Waals surface area contributed by atoms with E-state index < -0.39 is 6.10 Å². The molecule has 0 bridgehead atoms. The van der Waals surface area contributed by atoms with Crippen molar-refractivity contribution in [2.45, 2.75) is 24.0 Å². The zero-order valence-electron chi connectivity index (χ0n) is 14.9. The average Bonchev–Trinajstić information content (AvgIpc) is 3.17. The number of hydrogen-bond donors (Lipinski definition) is 0. The number of benzene rings is 2. The van der Waals surface area contributed by atoms with Gasteiger partial charge in [-0.05, 0) is 48.9 Å². The van der Waals surface area contributed by atoms with Gasteiger partial charge >= 0.3 is 0 Å². The molecule has 6 nitrogen and oxygen atoms in total. The fourth-order valence-corrected chi connectivity index (χ4v) is 3.59. The molecule has 146 valence electrons. The van der Waals surface area contributed by atoms with Crippen molar-refractivity contribution < 1.29 is 23.0 Å². The molecule has 2 aromatic carbocycles. The largest absolute Gasteiger partial charge is 0.486 e. The van der Waals surface area contributed by atoms with Gasteiger partial charge in [-0.2, -0.15) is 0 Å². The van der Waals surface area contributed by atoms with Crippen LogP contribution in [0.4, 0.5) is 4.39 Å². The van der Waals surface area contributed by atoms with Crippen LogP contribution < -0.4 is 14.2 Å². The van der Waals surface area contributed by atoms with Gasteiger partial charge in [0.2, 0.25) is 0 Å². The van der Waals surface area contributed by atoms with Crippen LogP contribution in [0, 0.1) is 5.82 Å². The molecule has 0 saturated carbocycles. The van der Waals surface area contributed by atoms with Gasteiger partial charge in [0.25, 0.3) is 11.1 Å². The number of ether oxygens (including phenoxy) is 3. The smallest absolute Gasteiger partial charge is 0.277 e. The van der Waals surface area contributed by atoms with Gasteiger partial charge in [0.05, 0.1) is 5.02 Å². The molecule has 1 atom stereocenters. The van der Waals surface area contributed by atoms with Gasteiger partial charge < -0.3 is 18.6 Å². The van der Waals surface area contributed by atoms with Crippen LogP contribution in [0.1, 0.15) is 24.5 Å². The normalized spacial score (nSPS) is 14.0. The summed E-state index contributed by atoms with van der Waals surface area (Å²) in [5.41, 5.74) is 0.953. The van der Waals surface area contributed by atoms with E-state index in [1.807, 2.05) is 12.1 Å².